The molecule has 2 aromatic rings. The van der Waals surface area contributed by atoms with Crippen LogP contribution in [-0.4, -0.2) is 25.8 Å². The number of aromatic carboxylic acids is 1. The molecule has 1 heterocycles. The van der Waals surface area contributed by atoms with Crippen LogP contribution in [0.25, 0.3) is 0 Å². The minimum atomic E-state index is -1.37. The first-order valence-corrected chi connectivity index (χ1v) is 6.17. The summed E-state index contributed by atoms with van der Waals surface area (Å²) in [4.78, 5) is 21.0. The third kappa shape index (κ3) is 3.35. The maximum Gasteiger partial charge on any atom is 0.342 e. The molecule has 8 nitrogen and oxygen atoms in total. The van der Waals surface area contributed by atoms with Gasteiger partial charge in [0.15, 0.2) is 0 Å². The molecule has 8 heteroatoms. The number of ether oxygens (including phenoxy) is 1. The molecular formula is C13H13N3O5. The molecule has 0 aliphatic heterocycles. The molecular weight excluding hydrogens is 278 g/mol. The van der Waals surface area contributed by atoms with E-state index in [0.29, 0.717) is 0 Å². The number of nitro groups is 1. The zero-order valence-electron chi connectivity index (χ0n) is 11.2. The van der Waals surface area contributed by atoms with Crippen LogP contribution in [0.15, 0.2) is 30.6 Å². The molecule has 2 rings (SSSR count). The van der Waals surface area contributed by atoms with Gasteiger partial charge in [-0.1, -0.05) is 0 Å². The number of carbonyl (C=O) groups is 1. The summed E-state index contributed by atoms with van der Waals surface area (Å²) < 4.78 is 7.17. The van der Waals surface area contributed by atoms with Gasteiger partial charge in [-0.15, -0.1) is 0 Å². The van der Waals surface area contributed by atoms with Crippen LogP contribution < -0.4 is 4.74 Å². The lowest BCUT2D eigenvalue weighted by atomic mass is 10.1. The smallest absolute Gasteiger partial charge is 0.342 e. The van der Waals surface area contributed by atoms with E-state index in [4.69, 9.17) is 9.84 Å². The zero-order chi connectivity index (χ0) is 15.4. The van der Waals surface area contributed by atoms with Gasteiger partial charge in [0, 0.05) is 30.4 Å². The molecule has 0 saturated carbocycles. The average Bonchev–Trinajstić information content (AvgIpc) is 2.92. The highest BCUT2D eigenvalue weighted by Crippen LogP contribution is 2.24. The standard InChI is InChI=1S/C13H13N3O5/c1-2-15-7-9(6-14-15)8-21-10-3-4-12(16(19)20)11(5-10)13(17)18/h3-7H,2,8H2,1H3,(H,17,18). The second-order valence-electron chi connectivity index (χ2n) is 4.23. The van der Waals surface area contributed by atoms with Crippen molar-refractivity contribution in [3.05, 3.63) is 51.8 Å². The van der Waals surface area contributed by atoms with Gasteiger partial charge in [-0.3, -0.25) is 14.8 Å². The maximum absolute atomic E-state index is 11.0. The molecule has 0 aliphatic rings. The van der Waals surface area contributed by atoms with Crippen molar-refractivity contribution in [3.63, 3.8) is 0 Å². The SMILES string of the molecule is CCn1cc(COc2ccc([N+](=O)[O-])c(C(=O)O)c2)cn1. The lowest BCUT2D eigenvalue weighted by molar-refractivity contribution is -0.385. The Morgan fingerprint density at radius 1 is 1.52 bits per heavy atom. The number of nitro benzene ring substituents is 1. The topological polar surface area (TPSA) is 107 Å². The normalized spacial score (nSPS) is 10.3. The molecule has 1 aromatic heterocycles. The van der Waals surface area contributed by atoms with Gasteiger partial charge in [-0.2, -0.15) is 5.10 Å². The summed E-state index contributed by atoms with van der Waals surface area (Å²) in [5.74, 6) is -1.12. The molecule has 0 spiro atoms. The second-order valence-corrected chi connectivity index (χ2v) is 4.23. The van der Waals surface area contributed by atoms with Gasteiger partial charge in [0.25, 0.3) is 5.69 Å². The Morgan fingerprint density at radius 3 is 2.86 bits per heavy atom. The predicted molar refractivity (Wildman–Crippen MR) is 72.3 cm³/mol. The number of carboxylic acids is 1. The molecule has 110 valence electrons. The number of rotatable bonds is 6. The molecule has 1 N–H and O–H groups in total. The fourth-order valence-electron chi connectivity index (χ4n) is 1.76. The van der Waals surface area contributed by atoms with Crippen molar-refractivity contribution in [2.45, 2.75) is 20.1 Å². The summed E-state index contributed by atoms with van der Waals surface area (Å²) in [7, 11) is 0. The average molecular weight is 291 g/mol. The van der Waals surface area contributed by atoms with Crippen LogP contribution in [0.2, 0.25) is 0 Å². The fourth-order valence-corrected chi connectivity index (χ4v) is 1.76. The molecule has 0 bridgehead atoms. The quantitative estimate of drug-likeness (QED) is 0.645. The lowest BCUT2D eigenvalue weighted by Crippen LogP contribution is -2.03. The first-order chi connectivity index (χ1) is 10.0. The summed E-state index contributed by atoms with van der Waals surface area (Å²) in [6.45, 7) is 2.89. The summed E-state index contributed by atoms with van der Waals surface area (Å²) in [5.41, 5.74) is -0.0394. The molecule has 0 fully saturated rings. The Labute approximate surface area is 119 Å². The van der Waals surface area contributed by atoms with Crippen LogP contribution >= 0.6 is 0 Å². The fraction of sp³-hybridized carbons (Fsp3) is 0.231. The largest absolute Gasteiger partial charge is 0.489 e. The van der Waals surface area contributed by atoms with E-state index in [9.17, 15) is 14.9 Å². The molecule has 0 atom stereocenters. The van der Waals surface area contributed by atoms with Gasteiger partial charge in [-0.25, -0.2) is 4.79 Å². The number of nitrogens with zero attached hydrogens (tertiary/aromatic N) is 3. The van der Waals surface area contributed by atoms with E-state index < -0.39 is 22.1 Å². The molecule has 0 unspecified atom stereocenters. The van der Waals surface area contributed by atoms with E-state index >= 15 is 0 Å². The first-order valence-electron chi connectivity index (χ1n) is 6.17. The van der Waals surface area contributed by atoms with Crippen LogP contribution in [0.1, 0.15) is 22.8 Å². The first kappa shape index (κ1) is 14.5. The highest BCUT2D eigenvalue weighted by molar-refractivity contribution is 5.92. The number of hydrogen-bond donors (Lipinski definition) is 1. The molecule has 0 saturated heterocycles. The van der Waals surface area contributed by atoms with Crippen LogP contribution in [-0.2, 0) is 13.2 Å². The molecule has 21 heavy (non-hydrogen) atoms. The van der Waals surface area contributed by atoms with E-state index in [1.54, 1.807) is 10.9 Å². The molecule has 0 aliphatic carbocycles. The minimum absolute atomic E-state index is 0.205. The van der Waals surface area contributed by atoms with E-state index in [1.165, 1.54) is 6.07 Å². The Morgan fingerprint density at radius 2 is 2.29 bits per heavy atom. The molecule has 1 aromatic carbocycles. The van der Waals surface area contributed by atoms with Gasteiger partial charge in [0.05, 0.1) is 11.1 Å². The van der Waals surface area contributed by atoms with E-state index in [2.05, 4.69) is 5.10 Å². The Kier molecular flexibility index (Phi) is 4.17. The zero-order valence-corrected chi connectivity index (χ0v) is 11.2. The monoisotopic (exact) mass is 291 g/mol. The van der Waals surface area contributed by atoms with Crippen molar-refractivity contribution in [2.24, 2.45) is 0 Å². The van der Waals surface area contributed by atoms with Gasteiger partial charge in [-0.05, 0) is 13.0 Å². The number of carboxylic acid groups (broad SMARTS) is 1. The van der Waals surface area contributed by atoms with Crippen molar-refractivity contribution in [1.29, 1.82) is 0 Å². The van der Waals surface area contributed by atoms with Crippen LogP contribution in [0.3, 0.4) is 0 Å². The highest BCUT2D eigenvalue weighted by atomic mass is 16.6. The number of aromatic nitrogens is 2. The van der Waals surface area contributed by atoms with Crippen LogP contribution in [0, 0.1) is 10.1 Å². The van der Waals surface area contributed by atoms with Crippen molar-refractivity contribution in [2.75, 3.05) is 0 Å². The van der Waals surface area contributed by atoms with Crippen molar-refractivity contribution < 1.29 is 19.6 Å². The van der Waals surface area contributed by atoms with Crippen LogP contribution in [0.4, 0.5) is 5.69 Å². The summed E-state index contributed by atoms with van der Waals surface area (Å²) in [6.07, 6.45) is 3.45. The second kappa shape index (κ2) is 6.04. The third-order valence-electron chi connectivity index (χ3n) is 2.81. The van der Waals surface area contributed by atoms with E-state index in [-0.39, 0.29) is 12.4 Å². The highest BCUT2D eigenvalue weighted by Gasteiger charge is 2.20. The van der Waals surface area contributed by atoms with Crippen molar-refractivity contribution in [1.82, 2.24) is 9.78 Å². The summed E-state index contributed by atoms with van der Waals surface area (Å²) >= 11 is 0. The van der Waals surface area contributed by atoms with E-state index in [1.807, 2.05) is 13.1 Å². The van der Waals surface area contributed by atoms with Crippen molar-refractivity contribution in [3.8, 4) is 5.75 Å². The lowest BCUT2D eigenvalue weighted by Gasteiger charge is -2.06. The number of benzene rings is 1. The third-order valence-corrected chi connectivity index (χ3v) is 2.81. The maximum atomic E-state index is 11.0. The predicted octanol–water partition coefficient (Wildman–Crippen LogP) is 2.09. The minimum Gasteiger partial charge on any atom is -0.489 e. The van der Waals surface area contributed by atoms with E-state index in [0.717, 1.165) is 24.2 Å². The Bertz CT molecular complexity index is 680. The van der Waals surface area contributed by atoms with Crippen molar-refractivity contribution >= 4 is 11.7 Å². The Balaban J connectivity index is 2.15. The number of hydrogen-bond acceptors (Lipinski definition) is 5. The summed E-state index contributed by atoms with van der Waals surface area (Å²) in [5, 5.41) is 23.8. The van der Waals surface area contributed by atoms with Gasteiger partial charge in [0.2, 0.25) is 0 Å². The van der Waals surface area contributed by atoms with Gasteiger partial charge in [0.1, 0.15) is 17.9 Å². The summed E-state index contributed by atoms with van der Waals surface area (Å²) in [6, 6.07) is 3.63. The molecule has 0 radical (unpaired) electrons. The molecule has 0 amide bonds. The van der Waals surface area contributed by atoms with Gasteiger partial charge < -0.3 is 9.84 Å². The van der Waals surface area contributed by atoms with Crippen LogP contribution in [0.5, 0.6) is 5.75 Å². The van der Waals surface area contributed by atoms with Gasteiger partial charge >= 0.3 is 5.97 Å². The Hall–Kier alpha value is -2.90. The number of aryl methyl sites for hydroxylation is 1.